The number of likely N-dealkylation sites (N-methyl/N-ethyl adjacent to an activating group) is 1. The van der Waals surface area contributed by atoms with Crippen LogP contribution in [-0.2, 0) is 6.54 Å². The highest BCUT2D eigenvalue weighted by atomic mass is 35.5. The van der Waals surface area contributed by atoms with Crippen LogP contribution in [0.15, 0.2) is 18.2 Å². The van der Waals surface area contributed by atoms with E-state index in [4.69, 9.17) is 16.3 Å². The van der Waals surface area contributed by atoms with Gasteiger partial charge < -0.3 is 15.0 Å². The zero-order valence-corrected chi connectivity index (χ0v) is 13.8. The predicted molar refractivity (Wildman–Crippen MR) is 86.7 cm³/mol. The third-order valence-electron chi connectivity index (χ3n) is 3.30. The van der Waals surface area contributed by atoms with Crippen LogP contribution in [-0.4, -0.2) is 37.2 Å². The lowest BCUT2D eigenvalue weighted by atomic mass is 10.2. The minimum Gasteiger partial charge on any atom is -0.490 e. The first kappa shape index (κ1) is 17.3. The maximum Gasteiger partial charge on any atom is 0.142 e. The van der Waals surface area contributed by atoms with Gasteiger partial charge in [0.05, 0.1) is 5.02 Å². The van der Waals surface area contributed by atoms with Crippen molar-refractivity contribution in [2.24, 2.45) is 0 Å². The second kappa shape index (κ2) is 9.22. The first-order chi connectivity index (χ1) is 9.58. The van der Waals surface area contributed by atoms with Crippen molar-refractivity contribution >= 4 is 11.6 Å². The number of nitrogens with one attached hydrogen (secondary N) is 1. The van der Waals surface area contributed by atoms with Crippen molar-refractivity contribution in [3.8, 4) is 5.75 Å². The van der Waals surface area contributed by atoms with Gasteiger partial charge in [-0.15, -0.1) is 0 Å². The standard InChI is InChI=1S/C16H27ClN2O/c1-5-19(6-2)10-11-20-16-14(12-18-13(3)4)8-7-9-15(16)17/h7-9,13,18H,5-6,10-12H2,1-4H3. The molecular formula is C16H27ClN2O. The van der Waals surface area contributed by atoms with Gasteiger partial charge in [0.2, 0.25) is 0 Å². The molecule has 0 aromatic heterocycles. The van der Waals surface area contributed by atoms with Crippen molar-refractivity contribution in [2.75, 3.05) is 26.2 Å². The fourth-order valence-electron chi connectivity index (χ4n) is 1.99. The fraction of sp³-hybridized carbons (Fsp3) is 0.625. The van der Waals surface area contributed by atoms with Crippen molar-refractivity contribution in [3.63, 3.8) is 0 Å². The molecule has 0 aliphatic heterocycles. The maximum atomic E-state index is 6.26. The number of hydrogen-bond acceptors (Lipinski definition) is 3. The van der Waals surface area contributed by atoms with E-state index in [0.29, 0.717) is 17.7 Å². The first-order valence-corrected chi connectivity index (χ1v) is 7.82. The van der Waals surface area contributed by atoms with E-state index in [1.54, 1.807) is 0 Å². The molecule has 20 heavy (non-hydrogen) atoms. The Bertz CT molecular complexity index is 392. The van der Waals surface area contributed by atoms with E-state index in [-0.39, 0.29) is 0 Å². The minimum absolute atomic E-state index is 0.442. The summed E-state index contributed by atoms with van der Waals surface area (Å²) in [6.07, 6.45) is 0. The zero-order chi connectivity index (χ0) is 15.0. The van der Waals surface area contributed by atoms with E-state index in [2.05, 4.69) is 44.0 Å². The number of halogens is 1. The van der Waals surface area contributed by atoms with Crippen LogP contribution in [0, 0.1) is 0 Å². The lowest BCUT2D eigenvalue weighted by Gasteiger charge is -2.20. The van der Waals surface area contributed by atoms with E-state index in [9.17, 15) is 0 Å². The fourth-order valence-corrected chi connectivity index (χ4v) is 2.23. The topological polar surface area (TPSA) is 24.5 Å². The quantitative estimate of drug-likeness (QED) is 0.754. The van der Waals surface area contributed by atoms with Gasteiger partial charge >= 0.3 is 0 Å². The summed E-state index contributed by atoms with van der Waals surface area (Å²) in [7, 11) is 0. The average molecular weight is 299 g/mol. The van der Waals surface area contributed by atoms with Crippen molar-refractivity contribution in [2.45, 2.75) is 40.3 Å². The van der Waals surface area contributed by atoms with Gasteiger partial charge in [-0.25, -0.2) is 0 Å². The molecule has 0 bridgehead atoms. The SMILES string of the molecule is CCN(CC)CCOc1c(Cl)cccc1CNC(C)C. The summed E-state index contributed by atoms with van der Waals surface area (Å²) in [4.78, 5) is 2.34. The summed E-state index contributed by atoms with van der Waals surface area (Å²) in [5.41, 5.74) is 1.12. The number of nitrogens with zero attached hydrogens (tertiary/aromatic N) is 1. The number of para-hydroxylation sites is 1. The van der Waals surface area contributed by atoms with Crippen LogP contribution in [0.25, 0.3) is 0 Å². The Balaban J connectivity index is 2.62. The monoisotopic (exact) mass is 298 g/mol. The Hall–Kier alpha value is -0.770. The van der Waals surface area contributed by atoms with Crippen molar-refractivity contribution in [1.29, 1.82) is 0 Å². The molecule has 0 saturated carbocycles. The number of ether oxygens (including phenoxy) is 1. The van der Waals surface area contributed by atoms with Crippen LogP contribution in [0.3, 0.4) is 0 Å². The molecule has 0 unspecified atom stereocenters. The van der Waals surface area contributed by atoms with Gasteiger partial charge in [-0.2, -0.15) is 0 Å². The van der Waals surface area contributed by atoms with E-state index < -0.39 is 0 Å². The number of benzene rings is 1. The molecule has 0 atom stereocenters. The Morgan fingerprint density at radius 2 is 1.95 bits per heavy atom. The van der Waals surface area contributed by atoms with Gasteiger partial charge in [0.25, 0.3) is 0 Å². The Morgan fingerprint density at radius 3 is 2.55 bits per heavy atom. The first-order valence-electron chi connectivity index (χ1n) is 7.44. The van der Waals surface area contributed by atoms with Crippen molar-refractivity contribution in [1.82, 2.24) is 10.2 Å². The van der Waals surface area contributed by atoms with Crippen LogP contribution < -0.4 is 10.1 Å². The Labute approximate surface area is 128 Å². The average Bonchev–Trinajstić information content (AvgIpc) is 2.43. The molecule has 0 radical (unpaired) electrons. The maximum absolute atomic E-state index is 6.26. The highest BCUT2D eigenvalue weighted by Crippen LogP contribution is 2.28. The summed E-state index contributed by atoms with van der Waals surface area (Å²) < 4.78 is 5.92. The number of hydrogen-bond donors (Lipinski definition) is 1. The normalized spacial score (nSPS) is 11.3. The third kappa shape index (κ3) is 5.70. The summed E-state index contributed by atoms with van der Waals surface area (Å²) >= 11 is 6.26. The highest BCUT2D eigenvalue weighted by Gasteiger charge is 2.09. The zero-order valence-electron chi connectivity index (χ0n) is 13.1. The van der Waals surface area contributed by atoms with Crippen LogP contribution in [0.1, 0.15) is 33.3 Å². The lowest BCUT2D eigenvalue weighted by Crippen LogP contribution is -2.28. The summed E-state index contributed by atoms with van der Waals surface area (Å²) in [5.74, 6) is 0.814. The van der Waals surface area contributed by atoms with E-state index >= 15 is 0 Å². The van der Waals surface area contributed by atoms with Gasteiger partial charge in [-0.1, -0.05) is 51.4 Å². The molecule has 1 rings (SSSR count). The third-order valence-corrected chi connectivity index (χ3v) is 3.60. The molecule has 0 fully saturated rings. The molecular weight excluding hydrogens is 272 g/mol. The Kier molecular flexibility index (Phi) is 7.97. The summed E-state index contributed by atoms with van der Waals surface area (Å²) in [5, 5.41) is 4.09. The molecule has 1 aromatic carbocycles. The Morgan fingerprint density at radius 1 is 1.25 bits per heavy atom. The van der Waals surface area contributed by atoms with Crippen LogP contribution in [0.4, 0.5) is 0 Å². The van der Waals surface area contributed by atoms with E-state index in [0.717, 1.165) is 37.5 Å². The molecule has 1 aromatic rings. The predicted octanol–water partition coefficient (Wildman–Crippen LogP) is 3.56. The molecule has 1 N–H and O–H groups in total. The van der Waals surface area contributed by atoms with Crippen LogP contribution in [0.2, 0.25) is 5.02 Å². The molecule has 114 valence electrons. The summed E-state index contributed by atoms with van der Waals surface area (Å²) in [6, 6.07) is 6.36. The van der Waals surface area contributed by atoms with Crippen molar-refractivity contribution < 1.29 is 4.74 Å². The molecule has 0 saturated heterocycles. The largest absolute Gasteiger partial charge is 0.490 e. The van der Waals surface area contributed by atoms with Gasteiger partial charge in [0, 0.05) is 24.7 Å². The highest BCUT2D eigenvalue weighted by molar-refractivity contribution is 6.32. The van der Waals surface area contributed by atoms with Gasteiger partial charge in [0.1, 0.15) is 12.4 Å². The molecule has 0 spiro atoms. The molecule has 0 heterocycles. The second-order valence-corrected chi connectivity index (χ2v) is 5.55. The lowest BCUT2D eigenvalue weighted by molar-refractivity contribution is 0.221. The number of rotatable bonds is 9. The van der Waals surface area contributed by atoms with Gasteiger partial charge in [0.15, 0.2) is 0 Å². The van der Waals surface area contributed by atoms with E-state index in [1.807, 2.05) is 12.1 Å². The molecule has 0 aliphatic rings. The van der Waals surface area contributed by atoms with Crippen LogP contribution in [0.5, 0.6) is 5.75 Å². The van der Waals surface area contributed by atoms with Crippen LogP contribution >= 0.6 is 11.6 Å². The second-order valence-electron chi connectivity index (χ2n) is 5.14. The molecule has 4 heteroatoms. The van der Waals surface area contributed by atoms with Gasteiger partial charge in [-0.3, -0.25) is 0 Å². The van der Waals surface area contributed by atoms with Crippen molar-refractivity contribution in [3.05, 3.63) is 28.8 Å². The molecule has 0 aliphatic carbocycles. The minimum atomic E-state index is 0.442. The smallest absolute Gasteiger partial charge is 0.142 e. The molecule has 0 amide bonds. The summed E-state index contributed by atoms with van der Waals surface area (Å²) in [6.45, 7) is 13.0. The van der Waals surface area contributed by atoms with E-state index in [1.165, 1.54) is 0 Å². The van der Waals surface area contributed by atoms with Gasteiger partial charge in [-0.05, 0) is 19.2 Å². The molecule has 3 nitrogen and oxygen atoms in total.